The fourth-order valence-corrected chi connectivity index (χ4v) is 3.39. The van der Waals surface area contributed by atoms with E-state index in [9.17, 15) is 19.5 Å². The molecule has 0 unspecified atom stereocenters. The van der Waals surface area contributed by atoms with Gasteiger partial charge in [-0.1, -0.05) is 77.9 Å². The van der Waals surface area contributed by atoms with Gasteiger partial charge in [0.25, 0.3) is 11.8 Å². The topological polar surface area (TPSA) is 107 Å². The van der Waals surface area contributed by atoms with E-state index in [4.69, 9.17) is 5.11 Å². The van der Waals surface area contributed by atoms with Crippen LogP contribution in [0.25, 0.3) is 0 Å². The smallest absolute Gasteiger partial charge is 0.328 e. The predicted molar refractivity (Wildman–Crippen MR) is 124 cm³/mol. The number of carbonyl (C=O) groups excluding carboxylic acids is 2. The molecule has 2 amide bonds. The van der Waals surface area contributed by atoms with Crippen LogP contribution in [0.15, 0.2) is 91.0 Å². The molecule has 7 heteroatoms. The number of hydrazine groups is 1. The maximum Gasteiger partial charge on any atom is 0.328 e. The van der Waals surface area contributed by atoms with Crippen molar-refractivity contribution in [2.24, 2.45) is 0 Å². The first-order valence-electron chi connectivity index (χ1n) is 10.2. The molecule has 0 aliphatic heterocycles. The molecule has 0 heterocycles. The molecule has 0 spiro atoms. The number of carboxylic acid groups (broad SMARTS) is 1. The number of nitrogens with one attached hydrogen (secondary N) is 1. The summed E-state index contributed by atoms with van der Waals surface area (Å²) in [6.07, 6.45) is 1.51. The largest absolute Gasteiger partial charge is 0.478 e. The molecule has 3 aromatic carbocycles. The lowest BCUT2D eigenvalue weighted by Gasteiger charge is -2.32. The van der Waals surface area contributed by atoms with Gasteiger partial charge in [0.1, 0.15) is 0 Å². The highest BCUT2D eigenvalue weighted by Crippen LogP contribution is 2.31. The highest BCUT2D eigenvalue weighted by Gasteiger charge is 2.41. The molecule has 0 radical (unpaired) electrons. The Morgan fingerprint density at radius 2 is 1.36 bits per heavy atom. The van der Waals surface area contributed by atoms with Crippen molar-refractivity contribution in [2.45, 2.75) is 19.4 Å². The van der Waals surface area contributed by atoms with Crippen LogP contribution in [-0.4, -0.2) is 28.0 Å². The van der Waals surface area contributed by atoms with Crippen molar-refractivity contribution in [3.8, 4) is 0 Å². The minimum absolute atomic E-state index is 0.293. The highest BCUT2D eigenvalue weighted by molar-refractivity contribution is 6.06. The number of para-hydroxylation sites is 1. The van der Waals surface area contributed by atoms with Gasteiger partial charge in [0.05, 0.1) is 5.69 Å². The van der Waals surface area contributed by atoms with E-state index in [1.807, 2.05) is 26.0 Å². The molecule has 0 atom stereocenters. The van der Waals surface area contributed by atoms with Crippen LogP contribution in [0.3, 0.4) is 0 Å². The number of nitrogens with zero attached hydrogens (tertiary/aromatic N) is 1. The number of carbonyl (C=O) groups is 3. The van der Waals surface area contributed by atoms with Crippen LogP contribution in [0, 0.1) is 13.8 Å². The summed E-state index contributed by atoms with van der Waals surface area (Å²) in [6.45, 7) is 3.68. The molecule has 0 fully saturated rings. The third-order valence-corrected chi connectivity index (χ3v) is 5.02. The number of rotatable bonds is 6. The fourth-order valence-electron chi connectivity index (χ4n) is 3.39. The lowest BCUT2D eigenvalue weighted by Crippen LogP contribution is -2.54. The zero-order valence-corrected chi connectivity index (χ0v) is 18.2. The number of hydrogen-bond donors (Lipinski definition) is 3. The summed E-state index contributed by atoms with van der Waals surface area (Å²) < 4.78 is 0. The van der Waals surface area contributed by atoms with Crippen LogP contribution in [0.2, 0.25) is 0 Å². The second-order valence-corrected chi connectivity index (χ2v) is 7.57. The quantitative estimate of drug-likeness (QED) is 0.400. The number of amides is 2. The van der Waals surface area contributed by atoms with Crippen molar-refractivity contribution in [3.63, 3.8) is 0 Å². The molecular formula is C26H24N2O5. The van der Waals surface area contributed by atoms with Gasteiger partial charge in [0.15, 0.2) is 5.60 Å². The van der Waals surface area contributed by atoms with Gasteiger partial charge in [0.2, 0.25) is 0 Å². The van der Waals surface area contributed by atoms with Crippen molar-refractivity contribution in [3.05, 3.63) is 113 Å². The van der Waals surface area contributed by atoms with Crippen LogP contribution < -0.4 is 10.4 Å². The van der Waals surface area contributed by atoms with E-state index in [2.05, 4.69) is 5.43 Å². The maximum absolute atomic E-state index is 13.6. The highest BCUT2D eigenvalue weighted by atomic mass is 16.4. The van der Waals surface area contributed by atoms with Gasteiger partial charge in [-0.2, -0.15) is 0 Å². The number of aliphatic hydroxyl groups is 1. The molecule has 0 saturated carbocycles. The average Bonchev–Trinajstić information content (AvgIpc) is 2.80. The summed E-state index contributed by atoms with van der Waals surface area (Å²) in [5.74, 6) is -2.98. The standard InChI is InChI=1S/C26H24N2O5/c1-18-8-6-10-20(16-18)26(33,21-11-7-9-19(2)17-21)25(32)27-28(22-12-4-3-5-13-22)23(29)14-15-24(30)31/h3-17,33H,1-2H3,(H,27,32)(H,30,31)/b15-14-. The number of carboxylic acids is 1. The Bertz CT molecular complexity index is 1160. The van der Waals surface area contributed by atoms with E-state index in [1.165, 1.54) is 0 Å². The minimum Gasteiger partial charge on any atom is -0.478 e. The van der Waals surface area contributed by atoms with Crippen molar-refractivity contribution in [2.75, 3.05) is 5.01 Å². The molecule has 7 nitrogen and oxygen atoms in total. The summed E-state index contributed by atoms with van der Waals surface area (Å²) in [5, 5.41) is 21.6. The first-order valence-corrected chi connectivity index (χ1v) is 10.2. The predicted octanol–water partition coefficient (Wildman–Crippen LogP) is 3.24. The van der Waals surface area contributed by atoms with E-state index < -0.39 is 23.4 Å². The number of hydrogen-bond acceptors (Lipinski definition) is 4. The van der Waals surface area contributed by atoms with Crippen molar-refractivity contribution in [1.29, 1.82) is 0 Å². The molecule has 0 aliphatic rings. The second kappa shape index (κ2) is 9.93. The summed E-state index contributed by atoms with van der Waals surface area (Å²) in [7, 11) is 0. The fraction of sp³-hybridized carbons (Fsp3) is 0.115. The lowest BCUT2D eigenvalue weighted by molar-refractivity contribution is -0.138. The van der Waals surface area contributed by atoms with E-state index in [-0.39, 0.29) is 0 Å². The molecule has 3 N–H and O–H groups in total. The van der Waals surface area contributed by atoms with E-state index in [0.717, 1.165) is 22.2 Å². The van der Waals surface area contributed by atoms with Gasteiger partial charge in [-0.15, -0.1) is 0 Å². The van der Waals surface area contributed by atoms with Crippen LogP contribution in [0.5, 0.6) is 0 Å². The number of anilines is 1. The Morgan fingerprint density at radius 1 is 0.818 bits per heavy atom. The van der Waals surface area contributed by atoms with Gasteiger partial charge in [0, 0.05) is 12.2 Å². The lowest BCUT2D eigenvalue weighted by atomic mass is 9.84. The Kier molecular flexibility index (Phi) is 7.05. The Hall–Kier alpha value is -4.23. The average molecular weight is 444 g/mol. The van der Waals surface area contributed by atoms with Gasteiger partial charge in [-0.05, 0) is 37.1 Å². The summed E-state index contributed by atoms with van der Waals surface area (Å²) in [5.41, 5.74) is 2.99. The van der Waals surface area contributed by atoms with Gasteiger partial charge < -0.3 is 10.2 Å². The Balaban J connectivity index is 2.09. The zero-order valence-electron chi connectivity index (χ0n) is 18.2. The van der Waals surface area contributed by atoms with Gasteiger partial charge >= 0.3 is 5.97 Å². The number of aliphatic carboxylic acids is 1. The molecule has 3 rings (SSSR count). The maximum atomic E-state index is 13.6. The van der Waals surface area contributed by atoms with Crippen LogP contribution in [0.4, 0.5) is 5.69 Å². The molecule has 3 aromatic rings. The second-order valence-electron chi connectivity index (χ2n) is 7.57. The van der Waals surface area contributed by atoms with Gasteiger partial charge in [-0.3, -0.25) is 15.0 Å². The van der Waals surface area contributed by atoms with Crippen LogP contribution in [-0.2, 0) is 20.0 Å². The number of benzene rings is 3. The number of aryl methyl sites for hydroxylation is 2. The van der Waals surface area contributed by atoms with E-state index in [0.29, 0.717) is 22.9 Å². The normalized spacial score (nSPS) is 11.2. The summed E-state index contributed by atoms with van der Waals surface area (Å²) in [6, 6.07) is 22.0. The van der Waals surface area contributed by atoms with Crippen LogP contribution in [0.1, 0.15) is 22.3 Å². The summed E-state index contributed by atoms with van der Waals surface area (Å²) >= 11 is 0. The van der Waals surface area contributed by atoms with E-state index >= 15 is 0 Å². The Morgan fingerprint density at radius 3 is 1.85 bits per heavy atom. The minimum atomic E-state index is -2.12. The van der Waals surface area contributed by atoms with Crippen LogP contribution >= 0.6 is 0 Å². The Labute approximate surface area is 191 Å². The van der Waals surface area contributed by atoms with E-state index in [1.54, 1.807) is 66.7 Å². The summed E-state index contributed by atoms with van der Waals surface area (Å²) in [4.78, 5) is 37.3. The third kappa shape index (κ3) is 5.34. The van der Waals surface area contributed by atoms with Crippen molar-refractivity contribution in [1.82, 2.24) is 5.43 Å². The molecule has 0 saturated heterocycles. The molecule has 0 bridgehead atoms. The first-order chi connectivity index (χ1) is 15.7. The molecule has 0 aromatic heterocycles. The van der Waals surface area contributed by atoms with Crippen molar-refractivity contribution >= 4 is 23.5 Å². The van der Waals surface area contributed by atoms with Gasteiger partial charge in [-0.25, -0.2) is 9.80 Å². The zero-order chi connectivity index (χ0) is 24.0. The third-order valence-electron chi connectivity index (χ3n) is 5.02. The molecule has 33 heavy (non-hydrogen) atoms. The monoisotopic (exact) mass is 444 g/mol. The SMILES string of the molecule is Cc1cccc(C(O)(C(=O)NN(C(=O)/C=C\C(=O)O)c2ccccc2)c2cccc(C)c2)c1. The molecule has 168 valence electrons. The van der Waals surface area contributed by atoms with Crippen molar-refractivity contribution < 1.29 is 24.6 Å². The molecule has 0 aliphatic carbocycles. The molecular weight excluding hydrogens is 420 g/mol. The first kappa shape index (κ1) is 23.4.